The molecule has 30 heavy (non-hydrogen) atoms. The van der Waals surface area contributed by atoms with Crippen LogP contribution >= 0.6 is 22.7 Å². The third-order valence-corrected chi connectivity index (χ3v) is 7.87. The van der Waals surface area contributed by atoms with Crippen LogP contribution in [0.1, 0.15) is 67.3 Å². The molecule has 2 heterocycles. The Bertz CT molecular complexity index is 954. The third-order valence-electron chi connectivity index (χ3n) is 5.47. The van der Waals surface area contributed by atoms with Crippen LogP contribution in [0.2, 0.25) is 0 Å². The van der Waals surface area contributed by atoms with Gasteiger partial charge in [0.15, 0.2) is 0 Å². The number of thiophene rings is 2. The number of hydrogen-bond donors (Lipinski definition) is 4. The van der Waals surface area contributed by atoms with Gasteiger partial charge < -0.3 is 0 Å². The Balaban J connectivity index is 1.61. The van der Waals surface area contributed by atoms with Crippen molar-refractivity contribution in [3.8, 4) is 0 Å². The van der Waals surface area contributed by atoms with E-state index in [2.05, 4.69) is 20.8 Å². The van der Waals surface area contributed by atoms with E-state index >= 15 is 0 Å². The second kappa shape index (κ2) is 9.17. The molecule has 10 heteroatoms. The van der Waals surface area contributed by atoms with Gasteiger partial charge in [0.25, 0.3) is 11.8 Å². The molecule has 0 bridgehead atoms. The Kier molecular flexibility index (Phi) is 6.38. The topological polar surface area (TPSA) is 135 Å². The van der Waals surface area contributed by atoms with Crippen LogP contribution in [0.15, 0.2) is 9.98 Å². The Labute approximate surface area is 182 Å². The molecule has 2 amide bonds. The molecular formula is C20H24N6O2S2. The zero-order valence-electron chi connectivity index (χ0n) is 16.5. The minimum absolute atomic E-state index is 0.314. The highest BCUT2D eigenvalue weighted by Crippen LogP contribution is 2.41. The van der Waals surface area contributed by atoms with Gasteiger partial charge in [0.05, 0.1) is 11.1 Å². The molecule has 0 aliphatic heterocycles. The summed E-state index contributed by atoms with van der Waals surface area (Å²) < 4.78 is 0. The summed E-state index contributed by atoms with van der Waals surface area (Å²) >= 11 is 3.06. The SMILES string of the molecule is NNC(=O)c1c(N=CC=Nc2sc3c(c2C(=O)NN)CCCC3)sc2c1CCCC2. The van der Waals surface area contributed by atoms with E-state index in [-0.39, 0.29) is 11.8 Å². The molecule has 158 valence electrons. The number of fused-ring (bicyclic) bond motifs is 2. The first-order valence-electron chi connectivity index (χ1n) is 10.0. The van der Waals surface area contributed by atoms with Crippen molar-refractivity contribution in [1.29, 1.82) is 0 Å². The lowest BCUT2D eigenvalue weighted by molar-refractivity contribution is 0.0945. The maximum absolute atomic E-state index is 12.3. The fourth-order valence-electron chi connectivity index (χ4n) is 4.10. The maximum Gasteiger partial charge on any atom is 0.268 e. The summed E-state index contributed by atoms with van der Waals surface area (Å²) in [5.74, 6) is 10.1. The lowest BCUT2D eigenvalue weighted by atomic mass is 9.95. The van der Waals surface area contributed by atoms with Gasteiger partial charge >= 0.3 is 0 Å². The summed E-state index contributed by atoms with van der Waals surface area (Å²) in [5.41, 5.74) is 7.72. The number of carbonyl (C=O) groups excluding carboxylic acids is 2. The number of nitrogens with one attached hydrogen (secondary N) is 2. The molecule has 8 nitrogen and oxygen atoms in total. The van der Waals surface area contributed by atoms with Crippen LogP contribution in [0.4, 0.5) is 10.0 Å². The first kappa shape index (κ1) is 20.9. The highest BCUT2D eigenvalue weighted by molar-refractivity contribution is 7.17. The average Bonchev–Trinajstić information content (AvgIpc) is 3.33. The first-order valence-corrected chi connectivity index (χ1v) is 11.6. The molecule has 0 spiro atoms. The Morgan fingerprint density at radius 2 is 1.13 bits per heavy atom. The molecule has 0 saturated heterocycles. The zero-order valence-corrected chi connectivity index (χ0v) is 18.1. The highest BCUT2D eigenvalue weighted by Gasteiger charge is 2.25. The second-order valence-electron chi connectivity index (χ2n) is 7.29. The summed E-state index contributed by atoms with van der Waals surface area (Å²) in [6, 6.07) is 0. The quantitative estimate of drug-likeness (QED) is 0.244. The summed E-state index contributed by atoms with van der Waals surface area (Å²) in [5, 5.41) is 1.28. The van der Waals surface area contributed by atoms with Crippen LogP contribution in [0.5, 0.6) is 0 Å². The van der Waals surface area contributed by atoms with Crippen molar-refractivity contribution in [2.45, 2.75) is 51.4 Å². The van der Waals surface area contributed by atoms with Gasteiger partial charge in [-0.1, -0.05) is 0 Å². The van der Waals surface area contributed by atoms with Crippen LogP contribution in [0.3, 0.4) is 0 Å². The number of aryl methyl sites for hydroxylation is 2. The van der Waals surface area contributed by atoms with E-state index < -0.39 is 0 Å². The van der Waals surface area contributed by atoms with Gasteiger partial charge in [0, 0.05) is 22.2 Å². The van der Waals surface area contributed by atoms with Crippen LogP contribution in [0.25, 0.3) is 0 Å². The van der Waals surface area contributed by atoms with Crippen molar-refractivity contribution in [3.05, 3.63) is 32.0 Å². The maximum atomic E-state index is 12.3. The molecule has 2 aromatic rings. The second-order valence-corrected chi connectivity index (χ2v) is 9.45. The van der Waals surface area contributed by atoms with E-state index in [9.17, 15) is 9.59 Å². The monoisotopic (exact) mass is 444 g/mol. The van der Waals surface area contributed by atoms with Gasteiger partial charge in [-0.2, -0.15) is 0 Å². The van der Waals surface area contributed by atoms with Crippen LogP contribution in [0, 0.1) is 0 Å². The van der Waals surface area contributed by atoms with Gasteiger partial charge in [0.1, 0.15) is 10.0 Å². The van der Waals surface area contributed by atoms with E-state index in [1.165, 1.54) is 32.4 Å². The number of aliphatic imine (C=N–C) groups is 2. The van der Waals surface area contributed by atoms with E-state index in [0.717, 1.165) is 62.5 Å². The number of hydrogen-bond acceptors (Lipinski definition) is 8. The molecule has 0 atom stereocenters. The molecule has 2 aliphatic rings. The van der Waals surface area contributed by atoms with E-state index in [1.54, 1.807) is 12.4 Å². The largest absolute Gasteiger partial charge is 0.290 e. The van der Waals surface area contributed by atoms with Gasteiger partial charge in [-0.05, 0) is 62.5 Å². The summed E-state index contributed by atoms with van der Waals surface area (Å²) in [6.07, 6.45) is 11.2. The fraction of sp³-hybridized carbons (Fsp3) is 0.400. The van der Waals surface area contributed by atoms with Crippen LogP contribution in [-0.2, 0) is 25.7 Å². The average molecular weight is 445 g/mol. The molecule has 0 aromatic carbocycles. The number of rotatable bonds is 5. The Morgan fingerprint density at radius 1 is 0.733 bits per heavy atom. The summed E-state index contributed by atoms with van der Waals surface area (Å²) in [6.45, 7) is 0. The van der Waals surface area contributed by atoms with Gasteiger partial charge in [-0.25, -0.2) is 21.7 Å². The molecule has 0 saturated carbocycles. The zero-order chi connectivity index (χ0) is 21.1. The van der Waals surface area contributed by atoms with Crippen molar-refractivity contribution < 1.29 is 9.59 Å². The van der Waals surface area contributed by atoms with Gasteiger partial charge in [-0.15, -0.1) is 22.7 Å². The van der Waals surface area contributed by atoms with Crippen molar-refractivity contribution in [2.24, 2.45) is 21.7 Å². The third kappa shape index (κ3) is 3.95. The number of amides is 2. The lowest BCUT2D eigenvalue weighted by Crippen LogP contribution is -2.30. The molecule has 0 radical (unpaired) electrons. The molecule has 0 unspecified atom stereocenters. The summed E-state index contributed by atoms with van der Waals surface area (Å²) in [4.78, 5) is 36.0. The van der Waals surface area contributed by atoms with Crippen molar-refractivity contribution in [1.82, 2.24) is 10.9 Å². The minimum atomic E-state index is -0.314. The fourth-order valence-corrected chi connectivity index (χ4v) is 6.58. The predicted octanol–water partition coefficient (Wildman–Crippen LogP) is 2.88. The molecule has 6 N–H and O–H groups in total. The van der Waals surface area contributed by atoms with E-state index in [4.69, 9.17) is 11.7 Å². The molecular weight excluding hydrogens is 420 g/mol. The van der Waals surface area contributed by atoms with Crippen LogP contribution in [-0.4, -0.2) is 24.2 Å². The number of nitrogens with zero attached hydrogens (tertiary/aromatic N) is 2. The predicted molar refractivity (Wildman–Crippen MR) is 122 cm³/mol. The van der Waals surface area contributed by atoms with Gasteiger partial charge in [-0.3, -0.25) is 20.4 Å². The van der Waals surface area contributed by atoms with E-state index in [0.29, 0.717) is 21.1 Å². The number of hydrazine groups is 2. The van der Waals surface area contributed by atoms with Crippen molar-refractivity contribution in [2.75, 3.05) is 0 Å². The smallest absolute Gasteiger partial charge is 0.268 e. The number of nitrogen functional groups attached to an aromatic ring is 2. The normalized spacial score (nSPS) is 15.9. The highest BCUT2D eigenvalue weighted by atomic mass is 32.1. The standard InChI is InChI=1S/C20H24N6O2S2/c21-25-17(27)15-11-5-1-3-7-13(11)29-19(15)23-9-10-24-20-16(18(28)26-22)12-6-2-4-8-14(12)30-20/h9-10H,1-8,21-22H2,(H,25,27)(H,26,28). The van der Waals surface area contributed by atoms with Gasteiger partial charge in [0.2, 0.25) is 0 Å². The van der Waals surface area contributed by atoms with Crippen LogP contribution < -0.4 is 22.5 Å². The molecule has 4 rings (SSSR count). The van der Waals surface area contributed by atoms with Crippen molar-refractivity contribution in [3.63, 3.8) is 0 Å². The molecule has 0 fully saturated rings. The van der Waals surface area contributed by atoms with E-state index in [1.807, 2.05) is 0 Å². The summed E-state index contributed by atoms with van der Waals surface area (Å²) in [7, 11) is 0. The molecule has 2 aliphatic carbocycles. The lowest BCUT2D eigenvalue weighted by Gasteiger charge is -2.11. The Morgan fingerprint density at radius 3 is 1.53 bits per heavy atom. The number of nitrogens with two attached hydrogens (primary N) is 2. The van der Waals surface area contributed by atoms with Crippen molar-refractivity contribution >= 4 is 56.9 Å². The molecule has 2 aromatic heterocycles. The minimum Gasteiger partial charge on any atom is -0.290 e. The number of carbonyl (C=O) groups is 2. The first-order chi connectivity index (χ1) is 14.6. The Hall–Kier alpha value is -2.40.